The van der Waals surface area contributed by atoms with Gasteiger partial charge in [0, 0.05) is 18.3 Å². The van der Waals surface area contributed by atoms with Crippen molar-refractivity contribution in [3.8, 4) is 0 Å². The molecule has 0 saturated heterocycles. The normalized spacial score (nSPS) is 12.8. The molecule has 1 heterocycles. The Hall–Kier alpha value is -1.25. The molecule has 0 aliphatic heterocycles. The number of hydrogen-bond donors (Lipinski definition) is 1. The van der Waals surface area contributed by atoms with Gasteiger partial charge >= 0.3 is 0 Å². The van der Waals surface area contributed by atoms with Crippen molar-refractivity contribution in [2.45, 2.75) is 33.2 Å². The third-order valence-corrected chi connectivity index (χ3v) is 2.39. The van der Waals surface area contributed by atoms with Crippen molar-refractivity contribution in [3.05, 3.63) is 28.2 Å². The zero-order valence-electron chi connectivity index (χ0n) is 8.37. The molecule has 0 saturated carbocycles. The number of nitrogens with two attached hydrogens (primary N) is 1. The van der Waals surface area contributed by atoms with Crippen molar-refractivity contribution in [3.63, 3.8) is 0 Å². The second kappa shape index (κ2) is 3.64. The molecule has 0 amide bonds. The molecule has 1 aromatic heterocycles. The predicted octanol–water partition coefficient (Wildman–Crippen LogP) is 1.71. The van der Waals surface area contributed by atoms with Crippen LogP contribution >= 0.6 is 0 Å². The Morgan fingerprint density at radius 2 is 2.23 bits per heavy atom. The van der Waals surface area contributed by atoms with Crippen LogP contribution in [0.25, 0.3) is 0 Å². The van der Waals surface area contributed by atoms with Crippen molar-refractivity contribution in [2.24, 2.45) is 0 Å². The molecule has 0 spiro atoms. The Morgan fingerprint density at radius 3 is 2.77 bits per heavy atom. The summed E-state index contributed by atoms with van der Waals surface area (Å²) in [6.45, 7) is 5.90. The molecule has 0 aliphatic carbocycles. The molecule has 1 atom stereocenters. The number of aromatic nitrogens is 1. The molecular weight excluding hydrogens is 164 g/mol. The van der Waals surface area contributed by atoms with Crippen molar-refractivity contribution in [1.82, 2.24) is 4.57 Å². The Bertz CT molecular complexity index is 354. The maximum atomic E-state index is 11.5. The minimum atomic E-state index is 0.0288. The van der Waals surface area contributed by atoms with Crippen LogP contribution in [-0.2, 0) is 0 Å². The third kappa shape index (κ3) is 1.91. The first kappa shape index (κ1) is 9.84. The first-order valence-electron chi connectivity index (χ1n) is 4.54. The quantitative estimate of drug-likeness (QED) is 0.753. The molecule has 13 heavy (non-hydrogen) atoms. The maximum absolute atomic E-state index is 11.5. The maximum Gasteiger partial charge on any atom is 0.251 e. The van der Waals surface area contributed by atoms with E-state index in [4.69, 9.17) is 5.73 Å². The fraction of sp³-hybridized carbons (Fsp3) is 0.500. The van der Waals surface area contributed by atoms with Crippen molar-refractivity contribution in [1.29, 1.82) is 0 Å². The fourth-order valence-corrected chi connectivity index (χ4v) is 1.20. The predicted molar refractivity (Wildman–Crippen MR) is 54.9 cm³/mol. The SMILES string of the molecule is CCC(C)n1cc(N)c(C)cc1=O. The van der Waals surface area contributed by atoms with Crippen molar-refractivity contribution in [2.75, 3.05) is 5.73 Å². The molecule has 0 aromatic carbocycles. The molecule has 0 bridgehead atoms. The van der Waals surface area contributed by atoms with Gasteiger partial charge in [-0.05, 0) is 25.8 Å². The van der Waals surface area contributed by atoms with E-state index in [2.05, 4.69) is 0 Å². The number of nitrogens with zero attached hydrogens (tertiary/aromatic N) is 1. The summed E-state index contributed by atoms with van der Waals surface area (Å²) in [5.41, 5.74) is 7.28. The number of pyridine rings is 1. The lowest BCUT2D eigenvalue weighted by Gasteiger charge is -2.13. The molecule has 3 heteroatoms. The largest absolute Gasteiger partial charge is 0.397 e. The van der Waals surface area contributed by atoms with Gasteiger partial charge in [0.1, 0.15) is 0 Å². The van der Waals surface area contributed by atoms with Gasteiger partial charge in [-0.25, -0.2) is 0 Å². The lowest BCUT2D eigenvalue weighted by molar-refractivity contribution is 0.514. The van der Waals surface area contributed by atoms with E-state index in [9.17, 15) is 4.79 Å². The van der Waals surface area contributed by atoms with Gasteiger partial charge in [0.25, 0.3) is 5.56 Å². The Balaban J connectivity index is 3.24. The minimum Gasteiger partial charge on any atom is -0.397 e. The van der Waals surface area contributed by atoms with Gasteiger partial charge in [-0.2, -0.15) is 0 Å². The Kier molecular flexibility index (Phi) is 2.76. The molecule has 2 N–H and O–H groups in total. The Labute approximate surface area is 78.2 Å². The average Bonchev–Trinajstić information content (AvgIpc) is 2.10. The van der Waals surface area contributed by atoms with E-state index < -0.39 is 0 Å². The highest BCUT2D eigenvalue weighted by Gasteiger charge is 2.05. The van der Waals surface area contributed by atoms with Gasteiger partial charge in [0.2, 0.25) is 0 Å². The average molecular weight is 180 g/mol. The van der Waals surface area contributed by atoms with Gasteiger partial charge in [-0.3, -0.25) is 4.79 Å². The van der Waals surface area contributed by atoms with Crippen LogP contribution in [-0.4, -0.2) is 4.57 Å². The zero-order chi connectivity index (χ0) is 10.0. The van der Waals surface area contributed by atoms with Crippen LogP contribution in [0, 0.1) is 6.92 Å². The van der Waals surface area contributed by atoms with Crippen LogP contribution in [0.4, 0.5) is 5.69 Å². The summed E-state index contributed by atoms with van der Waals surface area (Å²) in [5, 5.41) is 0. The van der Waals surface area contributed by atoms with Crippen LogP contribution in [0.3, 0.4) is 0 Å². The Morgan fingerprint density at radius 1 is 1.62 bits per heavy atom. The highest BCUT2D eigenvalue weighted by Crippen LogP contribution is 2.11. The highest BCUT2D eigenvalue weighted by molar-refractivity contribution is 5.43. The van der Waals surface area contributed by atoms with Crippen LogP contribution < -0.4 is 11.3 Å². The summed E-state index contributed by atoms with van der Waals surface area (Å²) in [6.07, 6.45) is 2.66. The van der Waals surface area contributed by atoms with E-state index >= 15 is 0 Å². The molecule has 0 aliphatic rings. The van der Waals surface area contributed by atoms with Gasteiger partial charge in [-0.1, -0.05) is 6.92 Å². The summed E-state index contributed by atoms with van der Waals surface area (Å²) in [6, 6.07) is 1.80. The van der Waals surface area contributed by atoms with Crippen LogP contribution in [0.5, 0.6) is 0 Å². The summed E-state index contributed by atoms with van der Waals surface area (Å²) in [7, 11) is 0. The summed E-state index contributed by atoms with van der Waals surface area (Å²) < 4.78 is 1.68. The van der Waals surface area contributed by atoms with E-state index in [-0.39, 0.29) is 11.6 Å². The van der Waals surface area contributed by atoms with E-state index in [1.807, 2.05) is 20.8 Å². The topological polar surface area (TPSA) is 48.0 Å². The van der Waals surface area contributed by atoms with Crippen molar-refractivity contribution < 1.29 is 0 Å². The molecule has 1 rings (SSSR count). The van der Waals surface area contributed by atoms with E-state index in [0.29, 0.717) is 5.69 Å². The lowest BCUT2D eigenvalue weighted by atomic mass is 10.2. The summed E-state index contributed by atoms with van der Waals surface area (Å²) in [5.74, 6) is 0. The highest BCUT2D eigenvalue weighted by atomic mass is 16.1. The van der Waals surface area contributed by atoms with Crippen LogP contribution in [0.1, 0.15) is 31.9 Å². The molecule has 72 valence electrons. The van der Waals surface area contributed by atoms with Crippen LogP contribution in [0.15, 0.2) is 17.1 Å². The first-order chi connectivity index (χ1) is 6.06. The molecular formula is C10H16N2O. The van der Waals surface area contributed by atoms with Gasteiger partial charge in [-0.15, -0.1) is 0 Å². The van der Waals surface area contributed by atoms with E-state index in [1.165, 1.54) is 0 Å². The summed E-state index contributed by atoms with van der Waals surface area (Å²) >= 11 is 0. The number of hydrogen-bond acceptors (Lipinski definition) is 2. The fourth-order valence-electron chi connectivity index (χ4n) is 1.20. The number of nitrogen functional groups attached to an aromatic ring is 1. The van der Waals surface area contributed by atoms with Gasteiger partial charge in [0.05, 0.1) is 5.69 Å². The van der Waals surface area contributed by atoms with Crippen LogP contribution in [0.2, 0.25) is 0 Å². The number of aryl methyl sites for hydroxylation is 1. The standard InChI is InChI=1S/C10H16N2O/c1-4-8(3)12-6-9(11)7(2)5-10(12)13/h5-6,8H,4,11H2,1-3H3. The molecule has 1 unspecified atom stereocenters. The monoisotopic (exact) mass is 180 g/mol. The number of rotatable bonds is 2. The second-order valence-corrected chi connectivity index (χ2v) is 3.41. The number of anilines is 1. The smallest absolute Gasteiger partial charge is 0.251 e. The first-order valence-corrected chi connectivity index (χ1v) is 4.54. The van der Waals surface area contributed by atoms with Gasteiger partial charge < -0.3 is 10.3 Å². The molecule has 3 nitrogen and oxygen atoms in total. The minimum absolute atomic E-state index is 0.0288. The van der Waals surface area contributed by atoms with Crippen molar-refractivity contribution >= 4 is 5.69 Å². The molecule has 1 aromatic rings. The lowest BCUT2D eigenvalue weighted by Crippen LogP contribution is -2.22. The molecule has 0 radical (unpaired) electrons. The summed E-state index contributed by atoms with van der Waals surface area (Å²) in [4.78, 5) is 11.5. The molecule has 0 fully saturated rings. The van der Waals surface area contributed by atoms with E-state index in [1.54, 1.807) is 16.8 Å². The second-order valence-electron chi connectivity index (χ2n) is 3.41. The van der Waals surface area contributed by atoms with E-state index in [0.717, 1.165) is 12.0 Å². The van der Waals surface area contributed by atoms with Gasteiger partial charge in [0.15, 0.2) is 0 Å². The third-order valence-electron chi connectivity index (χ3n) is 2.39. The zero-order valence-corrected chi connectivity index (χ0v) is 8.37.